The Labute approximate surface area is 179 Å². The zero-order valence-electron chi connectivity index (χ0n) is 17.2. The summed E-state index contributed by atoms with van der Waals surface area (Å²) < 4.78 is 0. The summed E-state index contributed by atoms with van der Waals surface area (Å²) in [6, 6.07) is 42.6. The number of nitrogens with zero attached hydrogens (tertiary/aromatic N) is 1. The summed E-state index contributed by atoms with van der Waals surface area (Å²) in [5.74, 6) is 0. The molecule has 1 nitrogen and oxygen atoms in total. The highest BCUT2D eigenvalue weighted by atomic mass is 14.8. The second-order valence-corrected chi connectivity index (χ2v) is 7.51. The van der Waals surface area contributed by atoms with Gasteiger partial charge in [0.05, 0.1) is 11.8 Å². The van der Waals surface area contributed by atoms with Crippen molar-refractivity contribution >= 4 is 5.71 Å². The molecule has 4 aromatic rings. The number of aryl methyl sites for hydroxylation is 1. The smallest absolute Gasteiger partial charge is 0.0756 e. The predicted molar refractivity (Wildman–Crippen MR) is 127 cm³/mol. The first-order chi connectivity index (χ1) is 14.9. The van der Waals surface area contributed by atoms with Crippen molar-refractivity contribution in [3.63, 3.8) is 0 Å². The summed E-state index contributed by atoms with van der Waals surface area (Å²) in [5.41, 5.74) is 6.04. The number of hydrogen-bond donors (Lipinski definition) is 0. The fraction of sp³-hybridized carbons (Fsp3) is 0.138. The van der Waals surface area contributed by atoms with Crippen molar-refractivity contribution in [3.05, 3.63) is 144 Å². The molecule has 0 aromatic heterocycles. The van der Waals surface area contributed by atoms with Crippen LogP contribution in [0.3, 0.4) is 0 Å². The molecular weight excluding hydrogens is 362 g/mol. The van der Waals surface area contributed by atoms with Crippen LogP contribution in [-0.2, 0) is 6.42 Å². The van der Waals surface area contributed by atoms with Gasteiger partial charge in [0.25, 0.3) is 0 Å². The van der Waals surface area contributed by atoms with Crippen molar-refractivity contribution in [3.8, 4) is 0 Å². The monoisotopic (exact) mass is 389 g/mol. The van der Waals surface area contributed by atoms with E-state index in [1.54, 1.807) is 0 Å². The van der Waals surface area contributed by atoms with Crippen LogP contribution in [0.1, 0.15) is 41.1 Å². The molecule has 1 atom stereocenters. The lowest BCUT2D eigenvalue weighted by Crippen LogP contribution is -2.07. The number of aliphatic imine (C=N–C) groups is 1. The van der Waals surface area contributed by atoms with E-state index in [0.29, 0.717) is 0 Å². The van der Waals surface area contributed by atoms with E-state index in [4.69, 9.17) is 4.99 Å². The largest absolute Gasteiger partial charge is 0.276 e. The van der Waals surface area contributed by atoms with Gasteiger partial charge in [0.15, 0.2) is 0 Å². The molecule has 0 aliphatic heterocycles. The molecule has 0 aliphatic carbocycles. The number of benzene rings is 4. The van der Waals surface area contributed by atoms with Gasteiger partial charge < -0.3 is 0 Å². The number of rotatable bonds is 8. The van der Waals surface area contributed by atoms with Gasteiger partial charge in [-0.3, -0.25) is 4.99 Å². The highest BCUT2D eigenvalue weighted by Gasteiger charge is 2.14. The molecule has 1 heteroatoms. The molecule has 0 saturated carbocycles. The van der Waals surface area contributed by atoms with Crippen molar-refractivity contribution in [2.24, 2.45) is 4.99 Å². The topological polar surface area (TPSA) is 12.4 Å². The molecule has 0 bridgehead atoms. The van der Waals surface area contributed by atoms with Crippen LogP contribution in [0.4, 0.5) is 0 Å². The second-order valence-electron chi connectivity index (χ2n) is 7.51. The lowest BCUT2D eigenvalue weighted by Gasteiger charge is -2.17. The molecule has 4 rings (SSSR count). The Morgan fingerprint density at radius 1 is 0.567 bits per heavy atom. The van der Waals surface area contributed by atoms with E-state index in [2.05, 4.69) is 121 Å². The van der Waals surface area contributed by atoms with Gasteiger partial charge in [-0.25, -0.2) is 0 Å². The van der Waals surface area contributed by atoms with Gasteiger partial charge in [0.2, 0.25) is 0 Å². The van der Waals surface area contributed by atoms with Gasteiger partial charge in [0, 0.05) is 11.1 Å². The number of hydrogen-bond acceptors (Lipinski definition) is 1. The summed E-state index contributed by atoms with van der Waals surface area (Å²) in [4.78, 5) is 5.33. The fourth-order valence-corrected chi connectivity index (χ4v) is 3.79. The van der Waals surface area contributed by atoms with E-state index < -0.39 is 0 Å². The SMILES string of the molecule is c1ccc(CCCC(N=C(c2ccccc2)c2ccccc2)c2ccccc2)cc1. The highest BCUT2D eigenvalue weighted by molar-refractivity contribution is 6.13. The molecule has 4 aromatic carbocycles. The maximum absolute atomic E-state index is 5.33. The minimum Gasteiger partial charge on any atom is -0.276 e. The van der Waals surface area contributed by atoms with E-state index >= 15 is 0 Å². The van der Waals surface area contributed by atoms with Crippen molar-refractivity contribution in [2.45, 2.75) is 25.3 Å². The lowest BCUT2D eigenvalue weighted by molar-refractivity contribution is 0.614. The molecule has 0 spiro atoms. The third kappa shape index (κ3) is 5.33. The molecule has 0 fully saturated rings. The Kier molecular flexibility index (Phi) is 6.86. The summed E-state index contributed by atoms with van der Waals surface area (Å²) in [7, 11) is 0. The molecule has 1 unspecified atom stereocenters. The van der Waals surface area contributed by atoms with E-state index in [1.807, 2.05) is 0 Å². The van der Waals surface area contributed by atoms with Crippen LogP contribution >= 0.6 is 0 Å². The molecule has 30 heavy (non-hydrogen) atoms. The molecular formula is C29H27N. The van der Waals surface area contributed by atoms with Gasteiger partial charge in [-0.15, -0.1) is 0 Å². The molecule has 148 valence electrons. The van der Waals surface area contributed by atoms with Crippen LogP contribution in [0.25, 0.3) is 0 Å². The van der Waals surface area contributed by atoms with Gasteiger partial charge in [-0.1, -0.05) is 121 Å². The van der Waals surface area contributed by atoms with E-state index in [0.717, 1.165) is 36.1 Å². The van der Waals surface area contributed by atoms with Crippen LogP contribution < -0.4 is 0 Å². The van der Waals surface area contributed by atoms with E-state index in [9.17, 15) is 0 Å². The van der Waals surface area contributed by atoms with Crippen LogP contribution in [0.15, 0.2) is 126 Å². The molecule has 0 N–H and O–H groups in total. The first-order valence-electron chi connectivity index (χ1n) is 10.7. The molecule has 0 radical (unpaired) electrons. The summed E-state index contributed by atoms with van der Waals surface area (Å²) in [6.45, 7) is 0. The Hall–Kier alpha value is -3.45. The van der Waals surface area contributed by atoms with E-state index in [-0.39, 0.29) is 6.04 Å². The maximum atomic E-state index is 5.33. The third-order valence-corrected chi connectivity index (χ3v) is 5.35. The van der Waals surface area contributed by atoms with Crippen molar-refractivity contribution < 1.29 is 0 Å². The van der Waals surface area contributed by atoms with Gasteiger partial charge in [0.1, 0.15) is 0 Å². The minimum atomic E-state index is 0.130. The van der Waals surface area contributed by atoms with Crippen molar-refractivity contribution in [1.29, 1.82) is 0 Å². The maximum Gasteiger partial charge on any atom is 0.0756 e. The first kappa shape index (κ1) is 19.8. The third-order valence-electron chi connectivity index (χ3n) is 5.35. The Morgan fingerprint density at radius 3 is 1.57 bits per heavy atom. The van der Waals surface area contributed by atoms with Crippen LogP contribution in [0.5, 0.6) is 0 Å². The zero-order chi connectivity index (χ0) is 20.4. The van der Waals surface area contributed by atoms with Crippen molar-refractivity contribution in [1.82, 2.24) is 0 Å². The van der Waals surface area contributed by atoms with Gasteiger partial charge in [-0.05, 0) is 30.4 Å². The average Bonchev–Trinajstić information content (AvgIpc) is 2.83. The summed E-state index contributed by atoms with van der Waals surface area (Å²) in [5, 5.41) is 0. The predicted octanol–water partition coefficient (Wildman–Crippen LogP) is 7.29. The molecule has 0 saturated heterocycles. The molecule has 0 aliphatic rings. The first-order valence-corrected chi connectivity index (χ1v) is 10.7. The van der Waals surface area contributed by atoms with Crippen molar-refractivity contribution in [2.75, 3.05) is 0 Å². The molecule has 0 amide bonds. The quantitative estimate of drug-likeness (QED) is 0.281. The van der Waals surface area contributed by atoms with E-state index in [1.165, 1.54) is 11.1 Å². The van der Waals surface area contributed by atoms with Crippen LogP contribution in [0, 0.1) is 0 Å². The Balaban J connectivity index is 1.66. The minimum absolute atomic E-state index is 0.130. The van der Waals surface area contributed by atoms with Crippen LogP contribution in [0.2, 0.25) is 0 Å². The average molecular weight is 390 g/mol. The summed E-state index contributed by atoms with van der Waals surface area (Å²) >= 11 is 0. The van der Waals surface area contributed by atoms with Gasteiger partial charge >= 0.3 is 0 Å². The Bertz CT molecular complexity index is 997. The fourth-order valence-electron chi connectivity index (χ4n) is 3.79. The van der Waals surface area contributed by atoms with Gasteiger partial charge in [-0.2, -0.15) is 0 Å². The Morgan fingerprint density at radius 2 is 1.03 bits per heavy atom. The molecule has 0 heterocycles. The summed E-state index contributed by atoms with van der Waals surface area (Å²) in [6.07, 6.45) is 3.19. The zero-order valence-corrected chi connectivity index (χ0v) is 17.2. The lowest BCUT2D eigenvalue weighted by atomic mass is 9.97. The second kappa shape index (κ2) is 10.4. The van der Waals surface area contributed by atoms with Crippen LogP contribution in [-0.4, -0.2) is 5.71 Å². The highest BCUT2D eigenvalue weighted by Crippen LogP contribution is 2.26. The normalized spacial score (nSPS) is 11.6. The standard InChI is InChI=1S/C29H27N/c1-5-14-24(15-6-1)16-13-23-28(25-17-7-2-8-18-25)30-29(26-19-9-3-10-20-26)27-21-11-4-12-22-27/h1-12,14-15,17-22,28H,13,16,23H2.